The molecule has 0 saturated carbocycles. The number of rotatable bonds is 8. The lowest BCUT2D eigenvalue weighted by Gasteiger charge is -2.17. The number of carbonyl (C=O) groups is 2. The van der Waals surface area contributed by atoms with Crippen molar-refractivity contribution in [2.24, 2.45) is 0 Å². The molecule has 0 atom stereocenters. The lowest BCUT2D eigenvalue weighted by Crippen LogP contribution is -2.24. The summed E-state index contributed by atoms with van der Waals surface area (Å²) in [5, 5.41) is 0. The topological polar surface area (TPSA) is 65.1 Å². The van der Waals surface area contributed by atoms with E-state index in [2.05, 4.69) is 6.58 Å². The van der Waals surface area contributed by atoms with Gasteiger partial charge >= 0.3 is 5.97 Å². The highest BCUT2D eigenvalue weighted by Gasteiger charge is 2.37. The van der Waals surface area contributed by atoms with Crippen molar-refractivity contribution in [2.75, 3.05) is 20.8 Å². The third kappa shape index (κ3) is 4.69. The number of ether oxygens (including phenoxy) is 3. The van der Waals surface area contributed by atoms with Crippen LogP contribution in [0, 0.1) is 0 Å². The second-order valence-corrected chi connectivity index (χ2v) is 6.90. The lowest BCUT2D eigenvalue weighted by molar-refractivity contribution is -0.136. The third-order valence-corrected chi connectivity index (χ3v) is 4.94. The molecule has 0 unspecified atom stereocenters. The van der Waals surface area contributed by atoms with E-state index in [1.54, 1.807) is 49.3 Å². The number of carbonyl (C=O) groups excluding carboxylic acids is 2. The van der Waals surface area contributed by atoms with E-state index in [0.717, 1.165) is 5.56 Å². The smallest absolute Gasteiger partial charge is 0.340 e. The Bertz CT molecular complexity index is 1050. The Morgan fingerprint density at radius 3 is 2.48 bits per heavy atom. The zero-order chi connectivity index (χ0) is 22.4. The van der Waals surface area contributed by atoms with Crippen LogP contribution in [0.4, 0.5) is 0 Å². The van der Waals surface area contributed by atoms with Crippen molar-refractivity contribution in [1.29, 1.82) is 0 Å². The number of benzene rings is 2. The fourth-order valence-electron chi connectivity index (χ4n) is 3.39. The zero-order valence-electron chi connectivity index (χ0n) is 17.9. The Kier molecular flexibility index (Phi) is 6.92. The molecule has 31 heavy (non-hydrogen) atoms. The van der Waals surface area contributed by atoms with E-state index in [-0.39, 0.29) is 17.1 Å². The van der Waals surface area contributed by atoms with Gasteiger partial charge < -0.3 is 19.1 Å². The Labute approximate surface area is 182 Å². The molecule has 0 spiro atoms. The Morgan fingerprint density at radius 1 is 1.10 bits per heavy atom. The second kappa shape index (κ2) is 9.80. The largest absolute Gasteiger partial charge is 0.493 e. The van der Waals surface area contributed by atoms with Crippen LogP contribution in [0.15, 0.2) is 78.0 Å². The van der Waals surface area contributed by atoms with E-state index in [9.17, 15) is 9.59 Å². The van der Waals surface area contributed by atoms with Crippen molar-refractivity contribution in [3.63, 3.8) is 0 Å². The van der Waals surface area contributed by atoms with E-state index < -0.39 is 5.97 Å². The molecule has 1 aliphatic heterocycles. The van der Waals surface area contributed by atoms with Gasteiger partial charge in [-0.15, -0.1) is 0 Å². The van der Waals surface area contributed by atoms with Crippen molar-refractivity contribution in [3.05, 3.63) is 89.2 Å². The first kappa shape index (κ1) is 21.9. The molecule has 1 heterocycles. The average molecular weight is 419 g/mol. The molecule has 0 radical (unpaired) electrons. The molecule has 1 aliphatic rings. The monoisotopic (exact) mass is 419 g/mol. The minimum atomic E-state index is -0.550. The molecule has 0 bridgehead atoms. The van der Waals surface area contributed by atoms with Crippen LogP contribution in [0.25, 0.3) is 6.08 Å². The predicted octanol–water partition coefficient (Wildman–Crippen LogP) is 4.13. The van der Waals surface area contributed by atoms with Gasteiger partial charge in [-0.3, -0.25) is 4.79 Å². The number of amides is 1. The van der Waals surface area contributed by atoms with E-state index in [4.69, 9.17) is 14.2 Å². The fraction of sp³-hybridized carbons (Fsp3) is 0.200. The summed E-state index contributed by atoms with van der Waals surface area (Å²) in [5.41, 5.74) is 2.76. The summed E-state index contributed by atoms with van der Waals surface area (Å²) >= 11 is 0. The highest BCUT2D eigenvalue weighted by Crippen LogP contribution is 2.34. The van der Waals surface area contributed by atoms with E-state index in [1.807, 2.05) is 30.3 Å². The second-order valence-electron chi connectivity index (χ2n) is 6.90. The van der Waals surface area contributed by atoms with Crippen LogP contribution < -0.4 is 9.47 Å². The normalized spacial score (nSPS) is 14.7. The molecule has 0 aliphatic carbocycles. The zero-order valence-corrected chi connectivity index (χ0v) is 17.9. The summed E-state index contributed by atoms with van der Waals surface area (Å²) in [4.78, 5) is 27.4. The number of allylic oxidation sites excluding steroid dienone is 1. The van der Waals surface area contributed by atoms with Crippen molar-refractivity contribution in [1.82, 2.24) is 4.90 Å². The van der Waals surface area contributed by atoms with Crippen molar-refractivity contribution in [3.8, 4) is 11.5 Å². The van der Waals surface area contributed by atoms with Crippen LogP contribution in [0.5, 0.6) is 11.5 Å². The van der Waals surface area contributed by atoms with E-state index in [0.29, 0.717) is 35.9 Å². The van der Waals surface area contributed by atoms with Gasteiger partial charge in [0.15, 0.2) is 11.5 Å². The minimum absolute atomic E-state index is 0.257. The van der Waals surface area contributed by atoms with Gasteiger partial charge in [0, 0.05) is 5.70 Å². The van der Waals surface area contributed by atoms with Crippen molar-refractivity contribution >= 4 is 18.0 Å². The summed E-state index contributed by atoms with van der Waals surface area (Å²) in [6, 6.07) is 14.9. The summed E-state index contributed by atoms with van der Waals surface area (Å²) in [6.07, 6.45) is 3.31. The maximum absolute atomic E-state index is 13.3. The molecule has 3 rings (SSSR count). The van der Waals surface area contributed by atoms with Crippen molar-refractivity contribution in [2.45, 2.75) is 13.5 Å². The van der Waals surface area contributed by atoms with Crippen LogP contribution in [0.1, 0.15) is 18.1 Å². The van der Waals surface area contributed by atoms with Crippen LogP contribution >= 0.6 is 0 Å². The molecule has 0 N–H and O–H groups in total. The molecule has 1 amide bonds. The molecule has 160 valence electrons. The molecule has 2 aromatic rings. The van der Waals surface area contributed by atoms with Crippen LogP contribution in [0.2, 0.25) is 0 Å². The van der Waals surface area contributed by atoms with Gasteiger partial charge in [0.1, 0.15) is 6.61 Å². The van der Waals surface area contributed by atoms with Gasteiger partial charge in [-0.1, -0.05) is 49.1 Å². The Hall–Kier alpha value is -3.80. The molecule has 0 saturated heterocycles. The van der Waals surface area contributed by atoms with E-state index >= 15 is 0 Å². The van der Waals surface area contributed by atoms with Gasteiger partial charge in [0.25, 0.3) is 5.91 Å². The number of hydrogen-bond donors (Lipinski definition) is 0. The number of hydrogen-bond acceptors (Lipinski definition) is 5. The highest BCUT2D eigenvalue weighted by atomic mass is 16.5. The van der Waals surface area contributed by atoms with Gasteiger partial charge in [-0.05, 0) is 36.3 Å². The Balaban J connectivity index is 2.00. The summed E-state index contributed by atoms with van der Waals surface area (Å²) < 4.78 is 15.9. The highest BCUT2D eigenvalue weighted by molar-refractivity contribution is 6.16. The molecule has 6 nitrogen and oxygen atoms in total. The SMILES string of the molecule is C=CCOc1ccc(C=C2C(=O)N(Cc3ccccc3)C(C)=C2C(=O)OC)cc1OC. The average Bonchev–Trinajstić information content (AvgIpc) is 3.02. The minimum Gasteiger partial charge on any atom is -0.493 e. The maximum atomic E-state index is 13.3. The lowest BCUT2D eigenvalue weighted by atomic mass is 10.0. The molecule has 6 heteroatoms. The number of esters is 1. The first-order chi connectivity index (χ1) is 15.0. The molecule has 2 aromatic carbocycles. The third-order valence-electron chi connectivity index (χ3n) is 4.94. The van der Waals surface area contributed by atoms with Gasteiger partial charge in [-0.25, -0.2) is 4.79 Å². The first-order valence-electron chi connectivity index (χ1n) is 9.79. The maximum Gasteiger partial charge on any atom is 0.340 e. The van der Waals surface area contributed by atoms with Crippen LogP contribution in [0.3, 0.4) is 0 Å². The summed E-state index contributed by atoms with van der Waals surface area (Å²) in [7, 11) is 2.85. The van der Waals surface area contributed by atoms with E-state index in [1.165, 1.54) is 7.11 Å². The molecule has 0 aromatic heterocycles. The summed E-state index contributed by atoms with van der Waals surface area (Å²) in [5.74, 6) is 0.272. The molecule has 0 fully saturated rings. The standard InChI is InChI=1S/C25H25NO5/c1-5-13-31-21-12-11-19(15-22(21)29-3)14-20-23(25(28)30-4)17(2)26(24(20)27)16-18-9-7-6-8-10-18/h5-12,14-15H,1,13,16H2,2-4H3. The Morgan fingerprint density at radius 2 is 1.84 bits per heavy atom. The predicted molar refractivity (Wildman–Crippen MR) is 118 cm³/mol. The first-order valence-corrected chi connectivity index (χ1v) is 9.79. The van der Waals surface area contributed by atoms with Gasteiger partial charge in [-0.2, -0.15) is 0 Å². The van der Waals surface area contributed by atoms with Crippen molar-refractivity contribution < 1.29 is 23.8 Å². The molecular weight excluding hydrogens is 394 g/mol. The van der Waals surface area contributed by atoms with Crippen LogP contribution in [-0.4, -0.2) is 37.6 Å². The van der Waals surface area contributed by atoms with Gasteiger partial charge in [0.2, 0.25) is 0 Å². The number of nitrogens with zero attached hydrogens (tertiary/aromatic N) is 1. The number of methoxy groups -OCH3 is 2. The summed E-state index contributed by atoms with van der Waals surface area (Å²) in [6.45, 7) is 6.09. The fourth-order valence-corrected chi connectivity index (χ4v) is 3.39. The quantitative estimate of drug-likeness (QED) is 0.366. The molecular formula is C25H25NO5. The van der Waals surface area contributed by atoms with Gasteiger partial charge in [0.05, 0.1) is 31.9 Å². The van der Waals surface area contributed by atoms with Crippen LogP contribution in [-0.2, 0) is 20.9 Å².